The van der Waals surface area contributed by atoms with E-state index in [1.165, 1.54) is 18.3 Å². The van der Waals surface area contributed by atoms with Crippen molar-refractivity contribution in [1.82, 2.24) is 10.3 Å². The molecular weight excluding hydrogens is 484 g/mol. The summed E-state index contributed by atoms with van der Waals surface area (Å²) in [5, 5.41) is 2.99. The number of halogens is 5. The Morgan fingerprint density at radius 3 is 2.23 bits per heavy atom. The van der Waals surface area contributed by atoms with Crippen LogP contribution in [0.4, 0.5) is 22.4 Å². The second kappa shape index (κ2) is 10.2. The number of pyridine rings is 1. The predicted octanol–water partition coefficient (Wildman–Crippen LogP) is 7.15. The molecule has 186 valence electrons. The van der Waals surface area contributed by atoms with Gasteiger partial charge in [0.1, 0.15) is 11.4 Å². The summed E-state index contributed by atoms with van der Waals surface area (Å²) in [7, 11) is 0. The Labute approximate surface area is 206 Å². The number of ether oxygens (including phenoxy) is 1. The second-order valence-electron chi connectivity index (χ2n) is 9.42. The minimum absolute atomic E-state index is 0.0339. The van der Waals surface area contributed by atoms with Gasteiger partial charge in [-0.25, -0.2) is 9.18 Å². The lowest BCUT2D eigenvalue weighted by molar-refractivity contribution is -0.137. The van der Waals surface area contributed by atoms with E-state index < -0.39 is 29.2 Å². The Morgan fingerprint density at radius 2 is 1.66 bits per heavy atom. The van der Waals surface area contributed by atoms with E-state index in [2.05, 4.69) is 10.3 Å². The summed E-state index contributed by atoms with van der Waals surface area (Å²) in [5.41, 5.74) is -2.57. The Bertz CT molecular complexity index is 1160. The fourth-order valence-corrected chi connectivity index (χ4v) is 3.66. The Balaban J connectivity index is 2.24. The summed E-state index contributed by atoms with van der Waals surface area (Å²) in [6.07, 6.45) is -4.42. The molecule has 0 spiro atoms. The molecule has 1 atom stereocenters. The summed E-state index contributed by atoms with van der Waals surface area (Å²) in [6.45, 7) is 5.63. The number of alkyl carbamates (subject to hydrolysis) is 1. The number of alkyl halides is 3. The largest absolute Gasteiger partial charge is 0.449 e. The van der Waals surface area contributed by atoms with Crippen LogP contribution >= 0.6 is 11.6 Å². The number of rotatable bonds is 6. The van der Waals surface area contributed by atoms with Crippen LogP contribution in [0.25, 0.3) is 0 Å². The van der Waals surface area contributed by atoms with Crippen LogP contribution < -0.4 is 5.32 Å². The lowest BCUT2D eigenvalue weighted by Crippen LogP contribution is -2.50. The van der Waals surface area contributed by atoms with Crippen molar-refractivity contribution in [2.75, 3.05) is 6.61 Å². The molecule has 3 aromatic rings. The fourth-order valence-electron chi connectivity index (χ4n) is 3.54. The van der Waals surface area contributed by atoms with Gasteiger partial charge in [0.25, 0.3) is 0 Å². The van der Waals surface area contributed by atoms with Gasteiger partial charge in [-0.3, -0.25) is 4.98 Å². The normalized spacial score (nSPS) is 13.7. The first-order chi connectivity index (χ1) is 16.3. The SMILES string of the molecule is CC(C)(C)COC(=O)N[C@](Cc1ccccc1)(c1cc(F)cc(C(F)(F)F)c1)c1ccc(Cl)cn1. The van der Waals surface area contributed by atoms with Gasteiger partial charge in [0, 0.05) is 12.6 Å². The standard InChI is InChI=1S/C26H25ClF4N2O2/c1-24(2,3)16-35-23(34)33-25(14-17-7-5-4-6-8-17,22-10-9-20(27)15-32-22)18-11-19(26(29,30)31)13-21(28)12-18/h4-13,15H,14,16H2,1-3H3,(H,33,34)/t25-/m1/s1. The van der Waals surface area contributed by atoms with Gasteiger partial charge in [-0.2, -0.15) is 13.2 Å². The second-order valence-corrected chi connectivity index (χ2v) is 9.85. The molecule has 0 radical (unpaired) electrons. The van der Waals surface area contributed by atoms with Crippen molar-refractivity contribution in [3.05, 3.63) is 100 Å². The summed E-state index contributed by atoms with van der Waals surface area (Å²) in [5.74, 6) is -1.11. The Hall–Kier alpha value is -3.13. The molecule has 0 aliphatic carbocycles. The van der Waals surface area contributed by atoms with Crippen LogP contribution in [-0.4, -0.2) is 17.7 Å². The number of hydrogen-bond acceptors (Lipinski definition) is 3. The molecule has 1 amide bonds. The summed E-state index contributed by atoms with van der Waals surface area (Å²) < 4.78 is 60.8. The van der Waals surface area contributed by atoms with Crippen molar-refractivity contribution in [2.45, 2.75) is 38.9 Å². The molecule has 0 unspecified atom stereocenters. The third kappa shape index (κ3) is 6.94. The lowest BCUT2D eigenvalue weighted by atomic mass is 9.80. The monoisotopic (exact) mass is 508 g/mol. The van der Waals surface area contributed by atoms with E-state index in [-0.39, 0.29) is 34.7 Å². The smallest absolute Gasteiger partial charge is 0.416 e. The van der Waals surface area contributed by atoms with Gasteiger partial charge in [-0.05, 0) is 46.9 Å². The fraction of sp³-hybridized carbons (Fsp3) is 0.308. The van der Waals surface area contributed by atoms with E-state index in [9.17, 15) is 22.4 Å². The van der Waals surface area contributed by atoms with Crippen molar-refractivity contribution in [3.8, 4) is 0 Å². The van der Waals surface area contributed by atoms with E-state index in [1.807, 2.05) is 20.8 Å². The van der Waals surface area contributed by atoms with Crippen molar-refractivity contribution in [1.29, 1.82) is 0 Å². The number of amides is 1. The third-order valence-electron chi connectivity index (χ3n) is 5.15. The molecule has 4 nitrogen and oxygen atoms in total. The van der Waals surface area contributed by atoms with Crippen molar-refractivity contribution < 1.29 is 27.1 Å². The van der Waals surface area contributed by atoms with E-state index >= 15 is 0 Å². The first-order valence-corrected chi connectivity index (χ1v) is 11.2. The van der Waals surface area contributed by atoms with Gasteiger partial charge >= 0.3 is 12.3 Å². The van der Waals surface area contributed by atoms with E-state index in [4.69, 9.17) is 16.3 Å². The lowest BCUT2D eigenvalue weighted by Gasteiger charge is -2.35. The average molecular weight is 509 g/mol. The molecule has 35 heavy (non-hydrogen) atoms. The zero-order chi connectivity index (χ0) is 25.9. The molecule has 0 saturated heterocycles. The van der Waals surface area contributed by atoms with E-state index in [1.54, 1.807) is 30.3 Å². The minimum atomic E-state index is -4.81. The highest BCUT2D eigenvalue weighted by Gasteiger charge is 2.41. The molecule has 0 fully saturated rings. The number of aromatic nitrogens is 1. The van der Waals surface area contributed by atoms with Gasteiger partial charge in [-0.1, -0.05) is 62.7 Å². The van der Waals surface area contributed by atoms with Gasteiger partial charge < -0.3 is 10.1 Å². The minimum Gasteiger partial charge on any atom is -0.449 e. The van der Waals surface area contributed by atoms with Gasteiger partial charge in [0.15, 0.2) is 0 Å². The molecule has 9 heteroatoms. The molecule has 1 aromatic heterocycles. The van der Waals surface area contributed by atoms with Gasteiger partial charge in [0.2, 0.25) is 0 Å². The van der Waals surface area contributed by atoms with Crippen LogP contribution in [0.2, 0.25) is 5.02 Å². The highest BCUT2D eigenvalue weighted by molar-refractivity contribution is 6.30. The molecule has 0 saturated carbocycles. The highest BCUT2D eigenvalue weighted by atomic mass is 35.5. The summed E-state index contributed by atoms with van der Waals surface area (Å²) >= 11 is 6.00. The Morgan fingerprint density at radius 1 is 1.00 bits per heavy atom. The quantitative estimate of drug-likeness (QED) is 0.360. The van der Waals surface area contributed by atoms with E-state index in [0.29, 0.717) is 11.6 Å². The molecular formula is C26H25ClF4N2O2. The topological polar surface area (TPSA) is 51.2 Å². The molecule has 0 aliphatic heterocycles. The van der Waals surface area contributed by atoms with Crippen LogP contribution in [0, 0.1) is 11.2 Å². The average Bonchev–Trinajstić information content (AvgIpc) is 2.77. The number of carbonyl (C=O) groups is 1. The first-order valence-electron chi connectivity index (χ1n) is 10.8. The molecule has 1 N–H and O–H groups in total. The third-order valence-corrected chi connectivity index (χ3v) is 5.37. The number of nitrogens with one attached hydrogen (secondary N) is 1. The predicted molar refractivity (Wildman–Crippen MR) is 126 cm³/mol. The molecule has 0 bridgehead atoms. The van der Waals surface area contributed by atoms with E-state index in [0.717, 1.165) is 12.1 Å². The molecule has 2 aromatic carbocycles. The highest BCUT2D eigenvalue weighted by Crippen LogP contribution is 2.38. The zero-order valence-electron chi connectivity index (χ0n) is 19.4. The Kier molecular flexibility index (Phi) is 7.74. The van der Waals surface area contributed by atoms with Crippen molar-refractivity contribution in [2.24, 2.45) is 5.41 Å². The van der Waals surface area contributed by atoms with Gasteiger partial charge in [-0.15, -0.1) is 0 Å². The molecule has 1 heterocycles. The van der Waals surface area contributed by atoms with Crippen LogP contribution in [0.3, 0.4) is 0 Å². The van der Waals surface area contributed by atoms with Crippen molar-refractivity contribution in [3.63, 3.8) is 0 Å². The van der Waals surface area contributed by atoms with Crippen LogP contribution in [-0.2, 0) is 22.9 Å². The van der Waals surface area contributed by atoms with Crippen LogP contribution in [0.1, 0.15) is 43.2 Å². The first kappa shape index (κ1) is 26.5. The van der Waals surface area contributed by atoms with Gasteiger partial charge in [0.05, 0.1) is 22.9 Å². The number of nitrogens with zero attached hydrogens (tertiary/aromatic N) is 1. The number of benzene rings is 2. The van der Waals surface area contributed by atoms with Crippen LogP contribution in [0.15, 0.2) is 66.9 Å². The van der Waals surface area contributed by atoms with Crippen LogP contribution in [0.5, 0.6) is 0 Å². The molecule has 0 aliphatic rings. The zero-order valence-corrected chi connectivity index (χ0v) is 20.2. The summed E-state index contributed by atoms with van der Waals surface area (Å²) in [4.78, 5) is 17.3. The summed E-state index contributed by atoms with van der Waals surface area (Å²) in [6, 6.07) is 13.9. The maximum absolute atomic E-state index is 14.6. The maximum Gasteiger partial charge on any atom is 0.416 e. The maximum atomic E-state index is 14.6. The number of carbonyl (C=O) groups excluding carboxylic acids is 1. The van der Waals surface area contributed by atoms with Crippen molar-refractivity contribution >= 4 is 17.7 Å². The molecule has 3 rings (SSSR count). The number of hydrogen-bond donors (Lipinski definition) is 1.